The van der Waals surface area contributed by atoms with E-state index in [1.165, 1.54) is 16.4 Å². The van der Waals surface area contributed by atoms with Crippen LogP contribution < -0.4 is 9.62 Å². The number of benzene rings is 3. The fourth-order valence-corrected chi connectivity index (χ4v) is 6.81. The SMILES string of the molecule is CC[C@H](C(=O)NC1CCCC1)N(Cc1ccccc1C)C(=O)CN(c1ccc(C)c(C)c1)S(=O)(=O)c1ccccc1. The Labute approximate surface area is 244 Å². The van der Waals surface area contributed by atoms with Gasteiger partial charge in [0, 0.05) is 12.6 Å². The van der Waals surface area contributed by atoms with Gasteiger partial charge in [-0.05, 0) is 86.6 Å². The van der Waals surface area contributed by atoms with Crippen LogP contribution in [0, 0.1) is 20.8 Å². The quantitative estimate of drug-likeness (QED) is 0.319. The molecule has 41 heavy (non-hydrogen) atoms. The molecule has 7 nitrogen and oxygen atoms in total. The van der Waals surface area contributed by atoms with Gasteiger partial charge in [-0.15, -0.1) is 0 Å². The zero-order chi connectivity index (χ0) is 29.6. The number of sulfonamides is 1. The van der Waals surface area contributed by atoms with Crippen molar-refractivity contribution >= 4 is 27.5 Å². The molecule has 0 heterocycles. The predicted octanol–water partition coefficient (Wildman–Crippen LogP) is 5.67. The predicted molar refractivity (Wildman–Crippen MR) is 163 cm³/mol. The second kappa shape index (κ2) is 13.3. The van der Waals surface area contributed by atoms with Gasteiger partial charge in [-0.3, -0.25) is 13.9 Å². The van der Waals surface area contributed by atoms with Crippen LogP contribution in [-0.4, -0.2) is 43.8 Å². The van der Waals surface area contributed by atoms with Crippen LogP contribution in [0.1, 0.15) is 61.3 Å². The molecule has 3 aromatic carbocycles. The van der Waals surface area contributed by atoms with Gasteiger partial charge in [-0.25, -0.2) is 8.42 Å². The van der Waals surface area contributed by atoms with Crippen molar-refractivity contribution < 1.29 is 18.0 Å². The Morgan fingerprint density at radius 2 is 1.54 bits per heavy atom. The van der Waals surface area contributed by atoms with Crippen molar-refractivity contribution in [3.8, 4) is 0 Å². The van der Waals surface area contributed by atoms with Gasteiger partial charge in [0.2, 0.25) is 11.8 Å². The number of hydrogen-bond donors (Lipinski definition) is 1. The van der Waals surface area contributed by atoms with Crippen LogP contribution in [0.15, 0.2) is 77.7 Å². The van der Waals surface area contributed by atoms with E-state index in [2.05, 4.69) is 5.32 Å². The molecule has 2 amide bonds. The topological polar surface area (TPSA) is 86.8 Å². The first-order valence-electron chi connectivity index (χ1n) is 14.4. The Morgan fingerprint density at radius 3 is 2.17 bits per heavy atom. The maximum absolute atomic E-state index is 14.3. The van der Waals surface area contributed by atoms with Crippen molar-refractivity contribution in [2.45, 2.75) is 83.3 Å². The molecule has 4 rings (SSSR count). The van der Waals surface area contributed by atoms with Crippen LogP contribution in [0.25, 0.3) is 0 Å². The summed E-state index contributed by atoms with van der Waals surface area (Å²) in [6, 6.07) is 20.7. The number of nitrogens with zero attached hydrogens (tertiary/aromatic N) is 2. The van der Waals surface area contributed by atoms with Crippen molar-refractivity contribution in [1.82, 2.24) is 10.2 Å². The van der Waals surface area contributed by atoms with Gasteiger partial charge >= 0.3 is 0 Å². The molecular weight excluding hydrogens is 534 g/mol. The number of aryl methyl sites for hydroxylation is 3. The second-order valence-electron chi connectivity index (χ2n) is 11.0. The first-order chi connectivity index (χ1) is 19.6. The molecule has 3 aromatic rings. The molecule has 0 spiro atoms. The molecule has 1 fully saturated rings. The highest BCUT2D eigenvalue weighted by Gasteiger charge is 2.34. The van der Waals surface area contributed by atoms with Gasteiger partial charge in [-0.1, -0.05) is 68.3 Å². The Morgan fingerprint density at radius 1 is 0.878 bits per heavy atom. The minimum atomic E-state index is -4.08. The molecule has 1 saturated carbocycles. The lowest BCUT2D eigenvalue weighted by atomic mass is 10.1. The molecule has 1 aliphatic carbocycles. The first-order valence-corrected chi connectivity index (χ1v) is 15.8. The van der Waals surface area contributed by atoms with Gasteiger partial charge in [-0.2, -0.15) is 0 Å². The third-order valence-electron chi connectivity index (χ3n) is 8.08. The summed E-state index contributed by atoms with van der Waals surface area (Å²) < 4.78 is 29.1. The Kier molecular flexibility index (Phi) is 9.86. The molecule has 0 radical (unpaired) electrons. The van der Waals surface area contributed by atoms with Gasteiger partial charge in [0.1, 0.15) is 12.6 Å². The van der Waals surface area contributed by atoms with Crippen molar-refractivity contribution in [3.05, 3.63) is 95.1 Å². The molecule has 0 bridgehead atoms. The molecular formula is C33H41N3O4S. The average molecular weight is 576 g/mol. The second-order valence-corrected chi connectivity index (χ2v) is 12.8. The van der Waals surface area contributed by atoms with E-state index in [0.717, 1.165) is 47.9 Å². The summed E-state index contributed by atoms with van der Waals surface area (Å²) in [5.41, 5.74) is 4.26. The molecule has 218 valence electrons. The number of rotatable bonds is 11. The van der Waals surface area contributed by atoms with Crippen LogP contribution in [0.3, 0.4) is 0 Å². The molecule has 0 saturated heterocycles. The zero-order valence-corrected chi connectivity index (χ0v) is 25.3. The maximum Gasteiger partial charge on any atom is 0.264 e. The smallest absolute Gasteiger partial charge is 0.264 e. The van der Waals surface area contributed by atoms with Crippen LogP contribution >= 0.6 is 0 Å². The lowest BCUT2D eigenvalue weighted by molar-refractivity contribution is -0.140. The number of hydrogen-bond acceptors (Lipinski definition) is 4. The molecule has 1 aliphatic rings. The minimum absolute atomic E-state index is 0.0995. The first kappa shape index (κ1) is 30.3. The number of nitrogens with one attached hydrogen (secondary N) is 1. The van der Waals surface area contributed by atoms with Crippen molar-refractivity contribution in [2.75, 3.05) is 10.8 Å². The van der Waals surface area contributed by atoms with Gasteiger partial charge in [0.05, 0.1) is 10.6 Å². The van der Waals surface area contributed by atoms with Crippen LogP contribution in [-0.2, 0) is 26.2 Å². The lowest BCUT2D eigenvalue weighted by Gasteiger charge is -2.34. The van der Waals surface area contributed by atoms with Gasteiger partial charge in [0.15, 0.2) is 0 Å². The van der Waals surface area contributed by atoms with E-state index in [4.69, 9.17) is 0 Å². The van der Waals surface area contributed by atoms with Gasteiger partial charge in [0.25, 0.3) is 10.0 Å². The van der Waals surface area contributed by atoms with Gasteiger partial charge < -0.3 is 10.2 Å². The van der Waals surface area contributed by atoms with E-state index in [9.17, 15) is 18.0 Å². The molecule has 0 aliphatic heterocycles. The maximum atomic E-state index is 14.3. The van der Waals surface area contributed by atoms with E-state index >= 15 is 0 Å². The highest BCUT2D eigenvalue weighted by Crippen LogP contribution is 2.27. The van der Waals surface area contributed by atoms with Crippen molar-refractivity contribution in [1.29, 1.82) is 0 Å². The summed E-state index contributed by atoms with van der Waals surface area (Å²) in [6.45, 7) is 7.50. The van der Waals surface area contributed by atoms with E-state index in [0.29, 0.717) is 12.1 Å². The van der Waals surface area contributed by atoms with Crippen molar-refractivity contribution in [3.63, 3.8) is 0 Å². The largest absolute Gasteiger partial charge is 0.352 e. The Hall–Kier alpha value is -3.65. The summed E-state index contributed by atoms with van der Waals surface area (Å²) in [7, 11) is -4.08. The number of anilines is 1. The Bertz CT molecular complexity index is 1470. The fourth-order valence-electron chi connectivity index (χ4n) is 5.39. The molecule has 1 N–H and O–H groups in total. The third kappa shape index (κ3) is 7.17. The minimum Gasteiger partial charge on any atom is -0.352 e. The van der Waals surface area contributed by atoms with E-state index < -0.39 is 28.5 Å². The highest BCUT2D eigenvalue weighted by atomic mass is 32.2. The van der Waals surface area contributed by atoms with Crippen LogP contribution in [0.4, 0.5) is 5.69 Å². The summed E-state index contributed by atoms with van der Waals surface area (Å²) in [6.07, 6.45) is 4.44. The summed E-state index contributed by atoms with van der Waals surface area (Å²) in [5, 5.41) is 3.16. The summed E-state index contributed by atoms with van der Waals surface area (Å²) in [4.78, 5) is 29.5. The zero-order valence-electron chi connectivity index (χ0n) is 24.5. The third-order valence-corrected chi connectivity index (χ3v) is 9.87. The highest BCUT2D eigenvalue weighted by molar-refractivity contribution is 7.92. The van der Waals surface area contributed by atoms with E-state index in [1.807, 2.05) is 58.0 Å². The monoisotopic (exact) mass is 575 g/mol. The standard InChI is InChI=1S/C33H41N3O4S/c1-5-31(33(38)34-28-15-11-12-16-28)35(22-27-14-10-9-13-25(27)3)32(37)23-36(29-20-19-24(2)26(4)21-29)41(39,40)30-17-7-6-8-18-30/h6-10,13-14,17-21,28,31H,5,11-12,15-16,22-23H2,1-4H3,(H,34,38)/t31-/m1/s1. The van der Waals surface area contributed by atoms with Crippen molar-refractivity contribution in [2.24, 2.45) is 0 Å². The number of carbonyl (C=O) groups excluding carboxylic acids is 2. The normalized spacial score (nSPS) is 14.4. The number of amides is 2. The van der Waals surface area contributed by atoms with Crippen LogP contribution in [0.5, 0.6) is 0 Å². The molecule has 0 aromatic heterocycles. The summed E-state index contributed by atoms with van der Waals surface area (Å²) in [5.74, 6) is -0.621. The number of carbonyl (C=O) groups is 2. The summed E-state index contributed by atoms with van der Waals surface area (Å²) >= 11 is 0. The lowest BCUT2D eigenvalue weighted by Crippen LogP contribution is -2.53. The molecule has 1 atom stereocenters. The molecule has 8 heteroatoms. The van der Waals surface area contributed by atoms with E-state index in [-0.39, 0.29) is 23.4 Å². The Balaban J connectivity index is 1.73. The average Bonchev–Trinajstić information content (AvgIpc) is 3.47. The van der Waals surface area contributed by atoms with Crippen LogP contribution in [0.2, 0.25) is 0 Å². The molecule has 0 unspecified atom stereocenters. The van der Waals surface area contributed by atoms with E-state index in [1.54, 1.807) is 35.2 Å². The fraction of sp³-hybridized carbons (Fsp3) is 0.394.